The first-order valence-corrected chi connectivity index (χ1v) is 4.63. The summed E-state index contributed by atoms with van der Waals surface area (Å²) >= 11 is 21.2. The number of primary amides is 1. The number of amides is 3. The molecule has 5 nitrogen and oxygen atoms in total. The molecule has 0 bridgehead atoms. The summed E-state index contributed by atoms with van der Waals surface area (Å²) in [4.78, 5) is 30.4. The van der Waals surface area contributed by atoms with Crippen LogP contribution in [0.5, 0.6) is 0 Å². The van der Waals surface area contributed by atoms with Crippen LogP contribution in [0.1, 0.15) is 0 Å². The van der Waals surface area contributed by atoms with Crippen LogP contribution in [0, 0.1) is 0 Å². The van der Waals surface area contributed by atoms with Crippen LogP contribution in [-0.2, 0) is 14.4 Å². The average molecular weight is 282 g/mol. The van der Waals surface area contributed by atoms with Crippen LogP contribution in [0.25, 0.3) is 0 Å². The van der Waals surface area contributed by atoms with E-state index in [1.165, 1.54) is 5.32 Å². The molecule has 0 aromatic heterocycles. The van der Waals surface area contributed by atoms with Gasteiger partial charge in [0.05, 0.1) is 0 Å². The third kappa shape index (κ3) is 3.49. The zero-order chi connectivity index (χ0) is 11.5. The largest absolute Gasteiger partial charge is 0.361 e. The normalized spacial score (nSPS) is 11.2. The minimum Gasteiger partial charge on any atom is -0.361 e. The fourth-order valence-electron chi connectivity index (χ4n) is 0.347. The van der Waals surface area contributed by atoms with Crippen molar-refractivity contribution >= 4 is 64.1 Å². The molecule has 0 saturated heterocycles. The second-order valence-electron chi connectivity index (χ2n) is 2.07. The van der Waals surface area contributed by atoms with E-state index in [0.717, 1.165) is 0 Å². The Hall–Kier alpha value is -0.230. The van der Waals surface area contributed by atoms with Gasteiger partial charge in [0.25, 0.3) is 5.91 Å². The summed E-state index contributed by atoms with van der Waals surface area (Å²) in [5, 5.41) is 1.52. The molecular formula is C5H4Cl4N2O3. The van der Waals surface area contributed by atoms with E-state index in [1.807, 2.05) is 0 Å². The number of carbonyl (C=O) groups is 3. The highest BCUT2D eigenvalue weighted by molar-refractivity contribution is 6.67. The van der Waals surface area contributed by atoms with Crippen molar-refractivity contribution < 1.29 is 14.4 Å². The standard InChI is InChI=1S/C5H4Cl4N2O3/c6-3(7)5(8,9)4(14)11-2(13)1(10)12/h3H,(H2,10,12)(H,11,13,14). The zero-order valence-corrected chi connectivity index (χ0v) is 9.42. The van der Waals surface area contributed by atoms with Crippen molar-refractivity contribution in [2.75, 3.05) is 0 Å². The number of halogens is 4. The zero-order valence-electron chi connectivity index (χ0n) is 6.39. The van der Waals surface area contributed by atoms with Crippen LogP contribution in [0.15, 0.2) is 0 Å². The maximum atomic E-state index is 11.0. The molecule has 0 spiro atoms. The number of hydrogen-bond donors (Lipinski definition) is 2. The second-order valence-corrected chi connectivity index (χ2v) is 4.55. The molecule has 0 atom stereocenters. The predicted octanol–water partition coefficient (Wildman–Crippen LogP) is 0.0921. The van der Waals surface area contributed by atoms with Gasteiger partial charge >= 0.3 is 11.8 Å². The molecule has 0 aliphatic heterocycles. The van der Waals surface area contributed by atoms with Gasteiger partial charge in [-0.15, -0.1) is 23.2 Å². The van der Waals surface area contributed by atoms with Crippen molar-refractivity contribution in [2.45, 2.75) is 9.17 Å². The Kier molecular flexibility index (Phi) is 4.94. The molecule has 0 rings (SSSR count). The average Bonchev–Trinajstić information content (AvgIpc) is 2.03. The lowest BCUT2D eigenvalue weighted by atomic mass is 10.4. The van der Waals surface area contributed by atoms with Crippen LogP contribution >= 0.6 is 46.4 Å². The third-order valence-electron chi connectivity index (χ3n) is 1.03. The van der Waals surface area contributed by atoms with Gasteiger partial charge in [-0.1, -0.05) is 23.2 Å². The fraction of sp³-hybridized carbons (Fsp3) is 0.400. The van der Waals surface area contributed by atoms with Gasteiger partial charge in [-0.05, 0) is 0 Å². The van der Waals surface area contributed by atoms with Gasteiger partial charge in [-0.3, -0.25) is 19.7 Å². The van der Waals surface area contributed by atoms with E-state index < -0.39 is 26.9 Å². The molecule has 14 heavy (non-hydrogen) atoms. The summed E-state index contributed by atoms with van der Waals surface area (Å²) in [6.07, 6.45) is 0. The van der Waals surface area contributed by atoms with E-state index in [9.17, 15) is 14.4 Å². The van der Waals surface area contributed by atoms with Crippen LogP contribution in [0.2, 0.25) is 0 Å². The minimum atomic E-state index is -2.23. The smallest absolute Gasteiger partial charge is 0.315 e. The molecule has 0 heterocycles. The Morgan fingerprint density at radius 3 is 1.93 bits per heavy atom. The van der Waals surface area contributed by atoms with E-state index >= 15 is 0 Å². The molecule has 9 heteroatoms. The molecule has 0 saturated carbocycles. The van der Waals surface area contributed by atoms with E-state index in [2.05, 4.69) is 5.73 Å². The quantitative estimate of drug-likeness (QED) is 0.555. The lowest BCUT2D eigenvalue weighted by Gasteiger charge is -2.18. The highest BCUT2D eigenvalue weighted by atomic mass is 35.5. The van der Waals surface area contributed by atoms with Crippen LogP contribution in [0.4, 0.5) is 0 Å². The number of hydrogen-bond acceptors (Lipinski definition) is 3. The van der Waals surface area contributed by atoms with Gasteiger partial charge in [-0.2, -0.15) is 0 Å². The lowest BCUT2D eigenvalue weighted by molar-refractivity contribution is -0.140. The fourth-order valence-corrected chi connectivity index (χ4v) is 0.640. The first kappa shape index (κ1) is 13.8. The second kappa shape index (κ2) is 5.02. The van der Waals surface area contributed by atoms with Crippen molar-refractivity contribution in [1.29, 1.82) is 0 Å². The Labute approximate surface area is 98.8 Å². The maximum Gasteiger partial charge on any atom is 0.315 e. The molecule has 0 aromatic carbocycles. The molecule has 0 unspecified atom stereocenters. The van der Waals surface area contributed by atoms with Gasteiger partial charge in [0.15, 0.2) is 0 Å². The number of rotatable bonds is 2. The van der Waals surface area contributed by atoms with Crippen molar-refractivity contribution in [1.82, 2.24) is 5.32 Å². The van der Waals surface area contributed by atoms with Crippen molar-refractivity contribution in [3.8, 4) is 0 Å². The summed E-state index contributed by atoms with van der Waals surface area (Å²) in [7, 11) is 0. The number of nitrogens with one attached hydrogen (secondary N) is 1. The minimum absolute atomic E-state index is 1.22. The first-order valence-electron chi connectivity index (χ1n) is 3.00. The summed E-state index contributed by atoms with van der Waals surface area (Å²) in [6, 6.07) is 0. The number of imide groups is 1. The summed E-state index contributed by atoms with van der Waals surface area (Å²) in [6.45, 7) is 0. The Balaban J connectivity index is 4.51. The summed E-state index contributed by atoms with van der Waals surface area (Å²) < 4.78 is -2.23. The van der Waals surface area contributed by atoms with Crippen molar-refractivity contribution in [3.63, 3.8) is 0 Å². The Morgan fingerprint density at radius 2 is 1.64 bits per heavy atom. The highest BCUT2D eigenvalue weighted by Gasteiger charge is 2.41. The molecule has 3 amide bonds. The van der Waals surface area contributed by atoms with Crippen molar-refractivity contribution in [3.05, 3.63) is 0 Å². The van der Waals surface area contributed by atoms with Crippen LogP contribution in [0.3, 0.4) is 0 Å². The molecule has 0 aliphatic rings. The highest BCUT2D eigenvalue weighted by Crippen LogP contribution is 2.32. The van der Waals surface area contributed by atoms with Crippen LogP contribution in [-0.4, -0.2) is 26.9 Å². The third-order valence-corrected chi connectivity index (χ3v) is 2.91. The van der Waals surface area contributed by atoms with Gasteiger partial charge in [0, 0.05) is 0 Å². The Bertz CT molecular complexity index is 278. The molecule has 0 aliphatic carbocycles. The topological polar surface area (TPSA) is 89.3 Å². The molecule has 0 radical (unpaired) electrons. The molecule has 0 aromatic rings. The number of alkyl halides is 4. The molecule has 3 N–H and O–H groups in total. The summed E-state index contributed by atoms with van der Waals surface area (Å²) in [5.41, 5.74) is 4.55. The first-order chi connectivity index (χ1) is 6.19. The van der Waals surface area contributed by atoms with E-state index in [4.69, 9.17) is 46.4 Å². The monoisotopic (exact) mass is 280 g/mol. The van der Waals surface area contributed by atoms with Gasteiger partial charge in [0.2, 0.25) is 4.33 Å². The number of nitrogens with two attached hydrogens (primary N) is 1. The summed E-state index contributed by atoms with van der Waals surface area (Å²) in [5.74, 6) is -3.93. The molecular weight excluding hydrogens is 278 g/mol. The Morgan fingerprint density at radius 1 is 1.21 bits per heavy atom. The molecule has 0 fully saturated rings. The molecule has 80 valence electrons. The van der Waals surface area contributed by atoms with Gasteiger partial charge in [0.1, 0.15) is 4.84 Å². The lowest BCUT2D eigenvalue weighted by Crippen LogP contribution is -2.48. The number of carbonyl (C=O) groups excluding carboxylic acids is 3. The maximum absolute atomic E-state index is 11.0. The van der Waals surface area contributed by atoms with E-state index in [-0.39, 0.29) is 0 Å². The van der Waals surface area contributed by atoms with Gasteiger partial charge < -0.3 is 5.73 Å². The predicted molar refractivity (Wildman–Crippen MR) is 52.3 cm³/mol. The van der Waals surface area contributed by atoms with E-state index in [1.54, 1.807) is 0 Å². The van der Waals surface area contributed by atoms with Crippen LogP contribution < -0.4 is 11.1 Å². The van der Waals surface area contributed by atoms with E-state index in [0.29, 0.717) is 0 Å². The van der Waals surface area contributed by atoms with Crippen molar-refractivity contribution in [2.24, 2.45) is 5.73 Å². The van der Waals surface area contributed by atoms with Gasteiger partial charge in [-0.25, -0.2) is 0 Å². The SMILES string of the molecule is NC(=O)C(=O)NC(=O)C(Cl)(Cl)C(Cl)Cl.